The van der Waals surface area contributed by atoms with Crippen LogP contribution < -0.4 is 0 Å². The van der Waals surface area contributed by atoms with Crippen molar-refractivity contribution in [1.82, 2.24) is 0 Å². The van der Waals surface area contributed by atoms with Gasteiger partial charge in [0.1, 0.15) is 17.2 Å². The normalized spacial score (nSPS) is 12.6. The number of benzene rings is 4. The number of rotatable bonds is 6. The highest BCUT2D eigenvalue weighted by Crippen LogP contribution is 2.44. The summed E-state index contributed by atoms with van der Waals surface area (Å²) in [6, 6.07) is 19.6. The molecule has 3 heteroatoms. The van der Waals surface area contributed by atoms with Crippen LogP contribution in [0.2, 0.25) is 0 Å². The Bertz CT molecular complexity index is 1400. The fourth-order valence-electron chi connectivity index (χ4n) is 6.16. The lowest BCUT2D eigenvalue weighted by molar-refractivity contribution is 0.465. The predicted octanol–water partition coefficient (Wildman–Crippen LogP) is 9.63. The molecule has 0 radical (unpaired) electrons. The largest absolute Gasteiger partial charge is 0.507 e. The van der Waals surface area contributed by atoms with Crippen LogP contribution in [0.15, 0.2) is 54.6 Å². The zero-order valence-corrected chi connectivity index (χ0v) is 27.5. The maximum atomic E-state index is 10.5. The van der Waals surface area contributed by atoms with E-state index in [4.69, 9.17) is 0 Å². The molecule has 0 heterocycles. The maximum absolute atomic E-state index is 10.5. The van der Waals surface area contributed by atoms with Crippen LogP contribution in [0.25, 0.3) is 0 Å². The van der Waals surface area contributed by atoms with Gasteiger partial charge in [-0.25, -0.2) is 0 Å². The summed E-state index contributed by atoms with van der Waals surface area (Å²) in [5.74, 6) is 1.05. The molecular formula is C39H48O3. The van der Waals surface area contributed by atoms with Crippen molar-refractivity contribution in [3.63, 3.8) is 0 Å². The van der Waals surface area contributed by atoms with Crippen molar-refractivity contribution < 1.29 is 15.3 Å². The Kier molecular flexibility index (Phi) is 7.82. The first-order valence-electron chi connectivity index (χ1n) is 14.9. The summed E-state index contributed by atoms with van der Waals surface area (Å²) in [6.07, 6.45) is 0. The van der Waals surface area contributed by atoms with Gasteiger partial charge in [0.05, 0.1) is 0 Å². The Morgan fingerprint density at radius 2 is 0.452 bits per heavy atom. The number of aromatic hydroxyl groups is 3. The summed E-state index contributed by atoms with van der Waals surface area (Å²) in [5, 5.41) is 31.5. The Labute approximate surface area is 252 Å². The number of hydrogen-bond donors (Lipinski definition) is 3. The van der Waals surface area contributed by atoms with Crippen molar-refractivity contribution in [1.29, 1.82) is 0 Å². The van der Waals surface area contributed by atoms with Crippen LogP contribution in [-0.4, -0.2) is 15.3 Å². The minimum absolute atomic E-state index is 0.346. The van der Waals surface area contributed by atoms with E-state index in [0.717, 1.165) is 50.1 Å². The standard InChI is InChI=1S/C39H48O3/c1-22-13-28(14-23(2)34(22)40)37(7,8)31-19-32(38(9,10)29-15-24(3)35(41)25(4)16-29)21-33(20-31)39(11,12)30-17-26(5)36(42)27(6)18-30/h13-21,40-42H,1-12H3. The van der Waals surface area contributed by atoms with E-state index in [1.165, 1.54) is 16.7 Å². The minimum Gasteiger partial charge on any atom is -0.507 e. The zero-order chi connectivity index (χ0) is 31.5. The SMILES string of the molecule is Cc1cc(C(C)(C)c2cc(C(C)(C)c3cc(C)c(O)c(C)c3)cc(C(C)(C)c3cc(C)c(O)c(C)c3)c2)cc(C)c1O. The lowest BCUT2D eigenvalue weighted by Gasteiger charge is -2.35. The second-order valence-electron chi connectivity index (χ2n) is 14.0. The topological polar surface area (TPSA) is 60.7 Å². The summed E-state index contributed by atoms with van der Waals surface area (Å²) in [4.78, 5) is 0. The molecule has 0 atom stereocenters. The fourth-order valence-corrected chi connectivity index (χ4v) is 6.16. The lowest BCUT2D eigenvalue weighted by Crippen LogP contribution is -2.27. The molecular weight excluding hydrogens is 516 g/mol. The molecule has 0 aromatic heterocycles. The summed E-state index contributed by atoms with van der Waals surface area (Å²) < 4.78 is 0. The molecule has 3 nitrogen and oxygen atoms in total. The van der Waals surface area contributed by atoms with Gasteiger partial charge >= 0.3 is 0 Å². The van der Waals surface area contributed by atoms with Gasteiger partial charge in [0, 0.05) is 16.2 Å². The van der Waals surface area contributed by atoms with Gasteiger partial charge in [-0.1, -0.05) is 96.1 Å². The summed E-state index contributed by atoms with van der Waals surface area (Å²) in [7, 11) is 0. The average Bonchev–Trinajstić information content (AvgIpc) is 2.91. The molecule has 4 aromatic carbocycles. The van der Waals surface area contributed by atoms with E-state index in [9.17, 15) is 15.3 Å². The van der Waals surface area contributed by atoms with Gasteiger partial charge in [-0.3, -0.25) is 0 Å². The number of aryl methyl sites for hydroxylation is 6. The molecule has 0 aliphatic carbocycles. The molecule has 4 rings (SSSR count). The lowest BCUT2D eigenvalue weighted by atomic mass is 9.68. The molecule has 0 fully saturated rings. The van der Waals surface area contributed by atoms with Crippen LogP contribution >= 0.6 is 0 Å². The van der Waals surface area contributed by atoms with Crippen molar-refractivity contribution in [2.45, 2.75) is 99.3 Å². The monoisotopic (exact) mass is 564 g/mol. The van der Waals surface area contributed by atoms with Crippen LogP contribution in [0.5, 0.6) is 17.2 Å². The average molecular weight is 565 g/mol. The van der Waals surface area contributed by atoms with E-state index in [0.29, 0.717) is 17.2 Å². The van der Waals surface area contributed by atoms with Gasteiger partial charge in [-0.15, -0.1) is 0 Å². The van der Waals surface area contributed by atoms with Crippen LogP contribution in [0.3, 0.4) is 0 Å². The van der Waals surface area contributed by atoms with Crippen molar-refractivity contribution in [2.75, 3.05) is 0 Å². The Morgan fingerprint density at radius 3 is 0.619 bits per heavy atom. The fraction of sp³-hybridized carbons (Fsp3) is 0.385. The van der Waals surface area contributed by atoms with Crippen molar-refractivity contribution in [3.05, 3.63) is 121 Å². The molecule has 222 valence electrons. The van der Waals surface area contributed by atoms with Gasteiger partial charge in [-0.2, -0.15) is 0 Å². The molecule has 0 saturated heterocycles. The number of phenolic OH excluding ortho intramolecular Hbond substituents is 3. The first kappa shape index (κ1) is 31.2. The highest BCUT2D eigenvalue weighted by atomic mass is 16.3. The Hall–Kier alpha value is -3.72. The Morgan fingerprint density at radius 1 is 0.310 bits per heavy atom. The van der Waals surface area contributed by atoms with Gasteiger partial charge in [-0.05, 0) is 108 Å². The number of hydrogen-bond acceptors (Lipinski definition) is 3. The highest BCUT2D eigenvalue weighted by Gasteiger charge is 2.33. The molecule has 0 bridgehead atoms. The van der Waals surface area contributed by atoms with Crippen molar-refractivity contribution in [3.8, 4) is 17.2 Å². The highest BCUT2D eigenvalue weighted by molar-refractivity contribution is 5.55. The van der Waals surface area contributed by atoms with Gasteiger partial charge in [0.25, 0.3) is 0 Å². The van der Waals surface area contributed by atoms with Gasteiger partial charge in [0.2, 0.25) is 0 Å². The quantitative estimate of drug-likeness (QED) is 0.218. The van der Waals surface area contributed by atoms with E-state index in [2.05, 4.69) is 96.1 Å². The first-order chi connectivity index (χ1) is 19.3. The van der Waals surface area contributed by atoms with Crippen LogP contribution in [0.4, 0.5) is 0 Å². The third-order valence-electron chi connectivity index (χ3n) is 9.74. The Balaban J connectivity index is 2.02. The summed E-state index contributed by atoms with van der Waals surface area (Å²) >= 11 is 0. The van der Waals surface area contributed by atoms with E-state index in [1.54, 1.807) is 0 Å². The molecule has 0 unspecified atom stereocenters. The molecule has 4 aromatic rings. The number of phenols is 3. The van der Waals surface area contributed by atoms with E-state index in [1.807, 2.05) is 41.5 Å². The third-order valence-corrected chi connectivity index (χ3v) is 9.74. The van der Waals surface area contributed by atoms with Gasteiger partial charge < -0.3 is 15.3 Å². The van der Waals surface area contributed by atoms with Crippen LogP contribution in [-0.2, 0) is 16.2 Å². The van der Waals surface area contributed by atoms with Crippen LogP contribution in [0, 0.1) is 41.5 Å². The summed E-state index contributed by atoms with van der Waals surface area (Å²) in [6.45, 7) is 25.3. The smallest absolute Gasteiger partial charge is 0.121 e. The maximum Gasteiger partial charge on any atom is 0.121 e. The molecule has 3 N–H and O–H groups in total. The molecule has 0 aliphatic heterocycles. The molecule has 42 heavy (non-hydrogen) atoms. The molecule has 0 spiro atoms. The third kappa shape index (κ3) is 5.30. The van der Waals surface area contributed by atoms with E-state index >= 15 is 0 Å². The van der Waals surface area contributed by atoms with Crippen molar-refractivity contribution >= 4 is 0 Å². The molecule has 0 aliphatic rings. The second-order valence-corrected chi connectivity index (χ2v) is 14.0. The van der Waals surface area contributed by atoms with Crippen LogP contribution in [0.1, 0.15) is 108 Å². The van der Waals surface area contributed by atoms with E-state index in [-0.39, 0.29) is 16.2 Å². The summed E-state index contributed by atoms with van der Waals surface area (Å²) in [5.41, 5.74) is 11.3. The minimum atomic E-state index is -0.346. The van der Waals surface area contributed by atoms with Gasteiger partial charge in [0.15, 0.2) is 0 Å². The molecule has 0 saturated carbocycles. The predicted molar refractivity (Wildman–Crippen MR) is 176 cm³/mol. The zero-order valence-electron chi connectivity index (χ0n) is 27.5. The second kappa shape index (κ2) is 10.5. The molecule has 0 amide bonds. The van der Waals surface area contributed by atoms with Crippen molar-refractivity contribution in [2.24, 2.45) is 0 Å². The first-order valence-corrected chi connectivity index (χ1v) is 14.9. The van der Waals surface area contributed by atoms with E-state index < -0.39 is 0 Å².